The summed E-state index contributed by atoms with van der Waals surface area (Å²) in [6.07, 6.45) is 2.64. The van der Waals surface area contributed by atoms with E-state index in [9.17, 15) is 4.79 Å². The number of nitrogens with zero attached hydrogens (tertiary/aromatic N) is 3. The SMILES string of the molecule is CC1CNC(=O)N1c1cc(N)c2cnc(C3CC3C#N)cc2c1. The quantitative estimate of drug-likeness (QED) is 0.833. The van der Waals surface area contributed by atoms with Gasteiger partial charge in [-0.2, -0.15) is 5.26 Å². The molecule has 6 heteroatoms. The van der Waals surface area contributed by atoms with Gasteiger partial charge in [0.1, 0.15) is 0 Å². The van der Waals surface area contributed by atoms with Crippen molar-refractivity contribution in [1.29, 1.82) is 5.26 Å². The van der Waals surface area contributed by atoms with Crippen LogP contribution in [0.15, 0.2) is 24.4 Å². The first-order valence-corrected chi connectivity index (χ1v) is 7.74. The molecule has 2 aromatic rings. The third kappa shape index (κ3) is 2.16. The molecule has 1 aromatic heterocycles. The molecule has 0 spiro atoms. The molecule has 1 aliphatic heterocycles. The van der Waals surface area contributed by atoms with E-state index in [4.69, 9.17) is 11.0 Å². The molecule has 2 amide bonds. The highest BCUT2D eigenvalue weighted by molar-refractivity contribution is 6.01. The largest absolute Gasteiger partial charge is 0.398 e. The first kappa shape index (κ1) is 13.8. The molecule has 1 aliphatic carbocycles. The van der Waals surface area contributed by atoms with Crippen molar-refractivity contribution in [2.75, 3.05) is 17.2 Å². The van der Waals surface area contributed by atoms with Crippen molar-refractivity contribution in [1.82, 2.24) is 10.3 Å². The average Bonchev–Trinajstić information content (AvgIpc) is 3.25. The molecular weight excluding hydrogens is 290 g/mol. The van der Waals surface area contributed by atoms with Crippen molar-refractivity contribution in [3.8, 4) is 6.07 Å². The number of hydrogen-bond donors (Lipinski definition) is 2. The van der Waals surface area contributed by atoms with Crippen LogP contribution >= 0.6 is 0 Å². The molecule has 0 radical (unpaired) electrons. The molecule has 4 rings (SSSR count). The Morgan fingerprint density at radius 1 is 1.43 bits per heavy atom. The van der Waals surface area contributed by atoms with E-state index < -0.39 is 0 Å². The normalized spacial score (nSPS) is 26.2. The zero-order valence-corrected chi connectivity index (χ0v) is 12.8. The number of rotatable bonds is 2. The lowest BCUT2D eigenvalue weighted by Gasteiger charge is -2.21. The van der Waals surface area contributed by atoms with Crippen LogP contribution in [0.2, 0.25) is 0 Å². The molecule has 23 heavy (non-hydrogen) atoms. The van der Waals surface area contributed by atoms with Gasteiger partial charge in [0.2, 0.25) is 0 Å². The molecule has 2 fully saturated rings. The monoisotopic (exact) mass is 307 g/mol. The van der Waals surface area contributed by atoms with Gasteiger partial charge in [0.15, 0.2) is 0 Å². The number of aromatic nitrogens is 1. The van der Waals surface area contributed by atoms with Gasteiger partial charge in [-0.25, -0.2) is 4.79 Å². The van der Waals surface area contributed by atoms with Gasteiger partial charge in [0, 0.05) is 41.1 Å². The van der Waals surface area contributed by atoms with Gasteiger partial charge in [-0.3, -0.25) is 9.88 Å². The van der Waals surface area contributed by atoms with Crippen molar-refractivity contribution in [3.05, 3.63) is 30.1 Å². The van der Waals surface area contributed by atoms with Crippen molar-refractivity contribution >= 4 is 28.2 Å². The highest BCUT2D eigenvalue weighted by Gasteiger charge is 2.39. The van der Waals surface area contributed by atoms with E-state index in [1.165, 1.54) is 0 Å². The Labute approximate surface area is 133 Å². The van der Waals surface area contributed by atoms with E-state index in [-0.39, 0.29) is 23.9 Å². The van der Waals surface area contributed by atoms with Crippen LogP contribution in [0.25, 0.3) is 10.8 Å². The fourth-order valence-electron chi connectivity index (χ4n) is 3.28. The smallest absolute Gasteiger partial charge is 0.322 e. The maximum absolute atomic E-state index is 12.0. The van der Waals surface area contributed by atoms with Crippen LogP contribution in [-0.4, -0.2) is 23.6 Å². The maximum atomic E-state index is 12.0. The highest BCUT2D eigenvalue weighted by atomic mass is 16.2. The third-order valence-corrected chi connectivity index (χ3v) is 4.70. The number of nitrogens with one attached hydrogen (secondary N) is 1. The number of nitrogen functional groups attached to an aromatic ring is 1. The van der Waals surface area contributed by atoms with Gasteiger partial charge in [-0.15, -0.1) is 0 Å². The van der Waals surface area contributed by atoms with Crippen LogP contribution in [-0.2, 0) is 0 Å². The van der Waals surface area contributed by atoms with E-state index in [1.807, 2.05) is 25.1 Å². The van der Waals surface area contributed by atoms with Gasteiger partial charge in [0.25, 0.3) is 0 Å². The van der Waals surface area contributed by atoms with E-state index in [0.29, 0.717) is 12.2 Å². The number of hydrogen-bond acceptors (Lipinski definition) is 4. The fraction of sp³-hybridized carbons (Fsp3) is 0.353. The lowest BCUT2D eigenvalue weighted by atomic mass is 10.1. The van der Waals surface area contributed by atoms with Gasteiger partial charge in [-0.1, -0.05) is 0 Å². The maximum Gasteiger partial charge on any atom is 0.322 e. The summed E-state index contributed by atoms with van der Waals surface area (Å²) in [5, 5.41) is 13.7. The minimum atomic E-state index is -0.0998. The van der Waals surface area contributed by atoms with Gasteiger partial charge in [0.05, 0.1) is 18.0 Å². The molecule has 2 aliphatic rings. The van der Waals surface area contributed by atoms with Crippen LogP contribution in [0.4, 0.5) is 16.2 Å². The molecule has 3 unspecified atom stereocenters. The Hall–Kier alpha value is -2.81. The number of fused-ring (bicyclic) bond motifs is 1. The van der Waals surface area contributed by atoms with Crippen molar-refractivity contribution in [3.63, 3.8) is 0 Å². The number of pyridine rings is 1. The lowest BCUT2D eigenvalue weighted by Crippen LogP contribution is -2.32. The molecule has 2 heterocycles. The van der Waals surface area contributed by atoms with E-state index in [2.05, 4.69) is 16.4 Å². The van der Waals surface area contributed by atoms with Crippen LogP contribution in [0.1, 0.15) is 25.0 Å². The summed E-state index contributed by atoms with van der Waals surface area (Å²) >= 11 is 0. The molecule has 1 aromatic carbocycles. The number of nitriles is 1. The van der Waals surface area contributed by atoms with Crippen LogP contribution < -0.4 is 16.0 Å². The lowest BCUT2D eigenvalue weighted by molar-refractivity contribution is 0.252. The summed E-state index contributed by atoms with van der Waals surface area (Å²) in [7, 11) is 0. The summed E-state index contributed by atoms with van der Waals surface area (Å²) in [5.41, 5.74) is 8.49. The van der Waals surface area contributed by atoms with Gasteiger partial charge in [-0.05, 0) is 36.9 Å². The summed E-state index contributed by atoms with van der Waals surface area (Å²) in [6, 6.07) is 8.07. The Balaban J connectivity index is 1.79. The van der Waals surface area contributed by atoms with Crippen molar-refractivity contribution in [2.24, 2.45) is 5.92 Å². The number of nitrogens with two attached hydrogens (primary N) is 1. The first-order chi connectivity index (χ1) is 11.1. The number of carbonyl (C=O) groups is 1. The summed E-state index contributed by atoms with van der Waals surface area (Å²) < 4.78 is 0. The minimum absolute atomic E-state index is 0.0739. The second kappa shape index (κ2) is 4.85. The predicted octanol–water partition coefficient (Wildman–Crippen LogP) is 2.36. The fourth-order valence-corrected chi connectivity index (χ4v) is 3.28. The van der Waals surface area contributed by atoms with Crippen LogP contribution in [0, 0.1) is 17.2 Å². The summed E-state index contributed by atoms with van der Waals surface area (Å²) in [4.78, 5) is 18.2. The molecule has 3 N–H and O–H groups in total. The van der Waals surface area contributed by atoms with Crippen LogP contribution in [0.5, 0.6) is 0 Å². The Morgan fingerprint density at radius 2 is 2.26 bits per heavy atom. The molecule has 116 valence electrons. The third-order valence-electron chi connectivity index (χ3n) is 4.70. The topological polar surface area (TPSA) is 95.0 Å². The molecule has 0 bridgehead atoms. The average molecular weight is 307 g/mol. The standard InChI is InChI=1S/C17H17N5O/c1-9-7-21-17(23)22(9)12-2-10-4-16(13-3-11(13)6-18)20-8-14(10)15(19)5-12/h2,4-5,8-9,11,13H,3,7,19H2,1H3,(H,21,23). The predicted molar refractivity (Wildman–Crippen MR) is 88.0 cm³/mol. The van der Waals surface area contributed by atoms with Gasteiger partial charge >= 0.3 is 6.03 Å². The molecule has 3 atom stereocenters. The van der Waals surface area contributed by atoms with E-state index in [0.717, 1.165) is 28.6 Å². The molecule has 6 nitrogen and oxygen atoms in total. The molecule has 1 saturated heterocycles. The zero-order chi connectivity index (χ0) is 16.1. The summed E-state index contributed by atoms with van der Waals surface area (Å²) in [5.74, 6) is 0.299. The van der Waals surface area contributed by atoms with E-state index >= 15 is 0 Å². The second-order valence-corrected chi connectivity index (χ2v) is 6.35. The minimum Gasteiger partial charge on any atom is -0.398 e. The van der Waals surface area contributed by atoms with Crippen molar-refractivity contribution in [2.45, 2.75) is 25.3 Å². The Kier molecular flexibility index (Phi) is 2.91. The van der Waals surface area contributed by atoms with Crippen molar-refractivity contribution < 1.29 is 4.79 Å². The Morgan fingerprint density at radius 3 is 2.91 bits per heavy atom. The highest BCUT2D eigenvalue weighted by Crippen LogP contribution is 2.46. The number of benzene rings is 1. The number of carbonyl (C=O) groups excluding carboxylic acids is 1. The number of urea groups is 1. The zero-order valence-electron chi connectivity index (χ0n) is 12.8. The first-order valence-electron chi connectivity index (χ1n) is 7.74. The Bertz CT molecular complexity index is 856. The molecular formula is C17H17N5O. The summed E-state index contributed by atoms with van der Waals surface area (Å²) in [6.45, 7) is 2.63. The number of anilines is 2. The second-order valence-electron chi connectivity index (χ2n) is 6.35. The van der Waals surface area contributed by atoms with Gasteiger partial charge < -0.3 is 11.1 Å². The number of amides is 2. The van der Waals surface area contributed by atoms with Crippen LogP contribution in [0.3, 0.4) is 0 Å². The molecule has 1 saturated carbocycles. The van der Waals surface area contributed by atoms with E-state index in [1.54, 1.807) is 11.1 Å².